The summed E-state index contributed by atoms with van der Waals surface area (Å²) in [7, 11) is 1.85. The molecule has 0 aliphatic carbocycles. The van der Waals surface area contributed by atoms with Gasteiger partial charge in [-0.25, -0.2) is 0 Å². The Morgan fingerprint density at radius 1 is 0.900 bits per heavy atom. The lowest BCUT2D eigenvalue weighted by atomic mass is 10.1. The summed E-state index contributed by atoms with van der Waals surface area (Å²) < 4.78 is 5.55. The fraction of sp³-hybridized carbons (Fsp3) is 0.842. The zero-order valence-corrected chi connectivity index (χ0v) is 14.0. The van der Waals surface area contributed by atoms with Crippen molar-refractivity contribution in [2.45, 2.75) is 96.5 Å². The quantitative estimate of drug-likeness (QED) is 0.246. The van der Waals surface area contributed by atoms with Crippen LogP contribution in [0.1, 0.15) is 90.4 Å². The Balaban J connectivity index is 3.40. The van der Waals surface area contributed by atoms with Crippen LogP contribution in [0.25, 0.3) is 0 Å². The van der Waals surface area contributed by atoms with Crippen molar-refractivity contribution in [3.63, 3.8) is 0 Å². The van der Waals surface area contributed by atoms with E-state index in [0.717, 1.165) is 12.8 Å². The monoisotopic (exact) mass is 281 g/mol. The average Bonchev–Trinajstić information content (AvgIpc) is 2.47. The van der Waals surface area contributed by atoms with Gasteiger partial charge in [-0.1, -0.05) is 83.8 Å². The summed E-state index contributed by atoms with van der Waals surface area (Å²) in [5.74, 6) is 0. The van der Waals surface area contributed by atoms with Crippen molar-refractivity contribution in [1.82, 2.24) is 0 Å². The molecule has 0 N–H and O–H groups in total. The fourth-order valence-corrected chi connectivity index (χ4v) is 2.47. The van der Waals surface area contributed by atoms with Gasteiger partial charge < -0.3 is 4.74 Å². The minimum Gasteiger partial charge on any atom is -0.381 e. The molecule has 0 aromatic rings. The van der Waals surface area contributed by atoms with Gasteiger partial charge in [0.25, 0.3) is 0 Å². The van der Waals surface area contributed by atoms with Gasteiger partial charge in [-0.3, -0.25) is 0 Å². The maximum atomic E-state index is 5.55. The van der Waals surface area contributed by atoms with Crippen LogP contribution in [-0.2, 0) is 4.74 Å². The molecule has 0 fully saturated rings. The third-order valence-electron chi connectivity index (χ3n) is 3.90. The molecule has 1 unspecified atom stereocenters. The summed E-state index contributed by atoms with van der Waals surface area (Å²) in [6.07, 6.45) is 21.8. The standard InChI is InChI=1S/C19H37O/c1-4-6-8-10-11-12-13-14-16-18-19(20-3)17-15-9-7-5-2/h14,16,19H,1,4-13,15,17-18H2,2-3H3/b16-14+. The first-order valence-corrected chi connectivity index (χ1v) is 8.82. The summed E-state index contributed by atoms with van der Waals surface area (Å²) in [5.41, 5.74) is 0. The molecule has 20 heavy (non-hydrogen) atoms. The zero-order chi connectivity index (χ0) is 14.9. The van der Waals surface area contributed by atoms with Crippen LogP contribution in [0.2, 0.25) is 0 Å². The molecule has 119 valence electrons. The van der Waals surface area contributed by atoms with Crippen molar-refractivity contribution < 1.29 is 4.74 Å². The van der Waals surface area contributed by atoms with E-state index in [-0.39, 0.29) is 0 Å². The molecule has 0 aromatic heterocycles. The molecule has 0 spiro atoms. The second-order valence-corrected chi connectivity index (χ2v) is 5.82. The Morgan fingerprint density at radius 3 is 2.30 bits per heavy atom. The lowest BCUT2D eigenvalue weighted by Crippen LogP contribution is -2.08. The Kier molecular flexibility index (Phi) is 16.5. The highest BCUT2D eigenvalue weighted by atomic mass is 16.5. The summed E-state index contributed by atoms with van der Waals surface area (Å²) in [5, 5.41) is 0. The highest BCUT2D eigenvalue weighted by Crippen LogP contribution is 2.12. The van der Waals surface area contributed by atoms with Gasteiger partial charge in [-0.05, 0) is 25.7 Å². The van der Waals surface area contributed by atoms with Crippen molar-refractivity contribution >= 4 is 0 Å². The molecule has 0 saturated heterocycles. The Hall–Kier alpha value is -0.300. The molecule has 0 aromatic carbocycles. The lowest BCUT2D eigenvalue weighted by molar-refractivity contribution is 0.0952. The highest BCUT2D eigenvalue weighted by Gasteiger charge is 2.04. The number of hydrogen-bond acceptors (Lipinski definition) is 1. The molecule has 1 heteroatoms. The zero-order valence-electron chi connectivity index (χ0n) is 14.0. The van der Waals surface area contributed by atoms with Crippen LogP contribution in [0.3, 0.4) is 0 Å². The van der Waals surface area contributed by atoms with Crippen LogP contribution < -0.4 is 0 Å². The summed E-state index contributed by atoms with van der Waals surface area (Å²) >= 11 is 0. The molecule has 0 bridgehead atoms. The third-order valence-corrected chi connectivity index (χ3v) is 3.90. The van der Waals surface area contributed by atoms with E-state index in [2.05, 4.69) is 26.0 Å². The second kappa shape index (κ2) is 16.8. The summed E-state index contributed by atoms with van der Waals surface area (Å²) in [4.78, 5) is 0. The molecule has 1 radical (unpaired) electrons. The van der Waals surface area contributed by atoms with E-state index in [4.69, 9.17) is 4.74 Å². The predicted molar refractivity (Wildman–Crippen MR) is 91.0 cm³/mol. The van der Waals surface area contributed by atoms with E-state index in [1.165, 1.54) is 70.6 Å². The van der Waals surface area contributed by atoms with E-state index >= 15 is 0 Å². The molecule has 0 saturated carbocycles. The highest BCUT2D eigenvalue weighted by molar-refractivity contribution is 4.84. The Morgan fingerprint density at radius 2 is 1.60 bits per heavy atom. The van der Waals surface area contributed by atoms with Gasteiger partial charge in [-0.2, -0.15) is 0 Å². The van der Waals surface area contributed by atoms with Gasteiger partial charge in [0.2, 0.25) is 0 Å². The predicted octanol–water partition coefficient (Wildman–Crippen LogP) is 6.48. The molecule has 0 heterocycles. The first-order chi connectivity index (χ1) is 9.85. The third kappa shape index (κ3) is 14.1. The first-order valence-electron chi connectivity index (χ1n) is 8.82. The van der Waals surface area contributed by atoms with Crippen molar-refractivity contribution in [3.05, 3.63) is 19.1 Å². The van der Waals surface area contributed by atoms with Crippen molar-refractivity contribution in [3.8, 4) is 0 Å². The van der Waals surface area contributed by atoms with Crippen LogP contribution in [-0.4, -0.2) is 13.2 Å². The Bertz CT molecular complexity index is 198. The van der Waals surface area contributed by atoms with Crippen LogP contribution in [0.15, 0.2) is 12.2 Å². The minimum atomic E-state index is 0.431. The maximum absolute atomic E-state index is 5.55. The molecule has 0 aliphatic rings. The number of methoxy groups -OCH3 is 1. The van der Waals surface area contributed by atoms with Gasteiger partial charge in [-0.15, -0.1) is 0 Å². The van der Waals surface area contributed by atoms with Crippen molar-refractivity contribution in [2.75, 3.05) is 7.11 Å². The molecule has 1 atom stereocenters. The van der Waals surface area contributed by atoms with Crippen LogP contribution in [0.5, 0.6) is 0 Å². The van der Waals surface area contributed by atoms with Crippen molar-refractivity contribution in [2.24, 2.45) is 0 Å². The average molecular weight is 282 g/mol. The molecule has 0 aliphatic heterocycles. The van der Waals surface area contributed by atoms with Crippen LogP contribution in [0.4, 0.5) is 0 Å². The van der Waals surface area contributed by atoms with Gasteiger partial charge in [0.05, 0.1) is 6.10 Å². The maximum Gasteiger partial charge on any atom is 0.0605 e. The smallest absolute Gasteiger partial charge is 0.0605 e. The van der Waals surface area contributed by atoms with Gasteiger partial charge in [0.15, 0.2) is 0 Å². The van der Waals surface area contributed by atoms with Crippen LogP contribution >= 0.6 is 0 Å². The Labute approximate surface area is 128 Å². The van der Waals surface area contributed by atoms with Crippen molar-refractivity contribution in [1.29, 1.82) is 0 Å². The molecular weight excluding hydrogens is 244 g/mol. The molecular formula is C19H37O. The second-order valence-electron chi connectivity index (χ2n) is 5.82. The van der Waals surface area contributed by atoms with Gasteiger partial charge in [0, 0.05) is 7.11 Å². The number of hydrogen-bond donors (Lipinski definition) is 0. The topological polar surface area (TPSA) is 9.23 Å². The van der Waals surface area contributed by atoms with E-state index in [1.54, 1.807) is 0 Å². The fourth-order valence-electron chi connectivity index (χ4n) is 2.47. The van der Waals surface area contributed by atoms with Gasteiger partial charge >= 0.3 is 0 Å². The number of rotatable bonds is 15. The summed E-state index contributed by atoms with van der Waals surface area (Å²) in [6.45, 7) is 6.14. The lowest BCUT2D eigenvalue weighted by Gasteiger charge is -2.12. The normalized spacial score (nSPS) is 13.2. The SMILES string of the molecule is [CH2]CCCCCCC/C=C/CC(CCCCCC)OC. The minimum absolute atomic E-state index is 0.431. The molecule has 0 rings (SSSR count). The molecule has 1 nitrogen and oxygen atoms in total. The van der Waals surface area contributed by atoms with E-state index < -0.39 is 0 Å². The largest absolute Gasteiger partial charge is 0.381 e. The first kappa shape index (κ1) is 19.7. The van der Waals surface area contributed by atoms with Gasteiger partial charge in [0.1, 0.15) is 0 Å². The number of allylic oxidation sites excluding steroid dienone is 1. The van der Waals surface area contributed by atoms with Crippen LogP contribution in [0, 0.1) is 6.92 Å². The summed E-state index contributed by atoms with van der Waals surface area (Å²) in [6, 6.07) is 0. The number of ether oxygens (including phenoxy) is 1. The van der Waals surface area contributed by atoms with E-state index in [0.29, 0.717) is 6.10 Å². The van der Waals surface area contributed by atoms with E-state index in [9.17, 15) is 0 Å². The molecule has 0 amide bonds. The van der Waals surface area contributed by atoms with E-state index in [1.807, 2.05) is 7.11 Å². The number of unbranched alkanes of at least 4 members (excludes halogenated alkanes) is 9.